The molecule has 0 spiro atoms. The summed E-state index contributed by atoms with van der Waals surface area (Å²) >= 11 is 5.83. The normalized spacial score (nSPS) is 10.2. The van der Waals surface area contributed by atoms with Crippen LogP contribution in [-0.4, -0.2) is 19.1 Å². The molecule has 21 heavy (non-hydrogen) atoms. The van der Waals surface area contributed by atoms with Crippen molar-refractivity contribution in [3.05, 3.63) is 64.9 Å². The van der Waals surface area contributed by atoms with Crippen LogP contribution in [0.3, 0.4) is 0 Å². The van der Waals surface area contributed by atoms with Crippen molar-refractivity contribution in [3.8, 4) is 5.75 Å². The third-order valence-electron chi connectivity index (χ3n) is 2.77. The minimum absolute atomic E-state index is 0.128. The maximum absolute atomic E-state index is 12.7. The van der Waals surface area contributed by atoms with E-state index in [1.807, 2.05) is 0 Å². The van der Waals surface area contributed by atoms with Crippen LogP contribution in [0.15, 0.2) is 48.5 Å². The maximum atomic E-state index is 12.7. The molecule has 3 nitrogen and oxygen atoms in total. The van der Waals surface area contributed by atoms with Crippen molar-refractivity contribution < 1.29 is 13.9 Å². The Labute approximate surface area is 127 Å². The van der Waals surface area contributed by atoms with E-state index >= 15 is 0 Å². The Morgan fingerprint density at radius 2 is 1.95 bits per heavy atom. The molecule has 1 N–H and O–H groups in total. The van der Waals surface area contributed by atoms with Crippen LogP contribution in [0.1, 0.15) is 5.56 Å². The Morgan fingerprint density at radius 1 is 1.19 bits per heavy atom. The first-order valence-electron chi connectivity index (χ1n) is 6.53. The number of carbonyl (C=O) groups excluding carboxylic acids is 1. The summed E-state index contributed by atoms with van der Waals surface area (Å²) in [6.07, 6.45) is 0.220. The number of nitrogens with one attached hydrogen (secondary N) is 1. The van der Waals surface area contributed by atoms with Crippen molar-refractivity contribution >= 4 is 17.5 Å². The molecular weight excluding hydrogens is 293 g/mol. The van der Waals surface area contributed by atoms with E-state index in [2.05, 4.69) is 5.32 Å². The van der Waals surface area contributed by atoms with Crippen LogP contribution in [0.2, 0.25) is 5.02 Å². The lowest BCUT2D eigenvalue weighted by Gasteiger charge is -2.08. The molecule has 0 fully saturated rings. The summed E-state index contributed by atoms with van der Waals surface area (Å²) in [5.74, 6) is 0.223. The van der Waals surface area contributed by atoms with Gasteiger partial charge < -0.3 is 10.1 Å². The number of hydrogen-bond donors (Lipinski definition) is 1. The molecule has 2 aromatic carbocycles. The molecule has 0 radical (unpaired) electrons. The van der Waals surface area contributed by atoms with E-state index in [4.69, 9.17) is 16.3 Å². The molecular formula is C16H15ClFNO2. The molecule has 0 aliphatic heterocycles. The van der Waals surface area contributed by atoms with Crippen molar-refractivity contribution in [2.45, 2.75) is 6.42 Å². The van der Waals surface area contributed by atoms with Crippen LogP contribution in [0.25, 0.3) is 0 Å². The van der Waals surface area contributed by atoms with Gasteiger partial charge in [-0.25, -0.2) is 4.39 Å². The summed E-state index contributed by atoms with van der Waals surface area (Å²) in [5, 5.41) is 3.34. The van der Waals surface area contributed by atoms with Gasteiger partial charge in [-0.2, -0.15) is 0 Å². The molecule has 0 heterocycles. The second-order valence-corrected chi connectivity index (χ2v) is 4.90. The quantitative estimate of drug-likeness (QED) is 0.832. The summed E-state index contributed by atoms with van der Waals surface area (Å²) in [6.45, 7) is 0.752. The molecule has 0 saturated heterocycles. The highest BCUT2D eigenvalue weighted by Crippen LogP contribution is 2.16. The topological polar surface area (TPSA) is 38.3 Å². The number of amides is 1. The number of benzene rings is 2. The van der Waals surface area contributed by atoms with Gasteiger partial charge in [0.15, 0.2) is 0 Å². The van der Waals surface area contributed by atoms with E-state index in [1.54, 1.807) is 36.4 Å². The number of rotatable bonds is 6. The Kier molecular flexibility index (Phi) is 5.58. The average molecular weight is 308 g/mol. The first kappa shape index (κ1) is 15.3. The van der Waals surface area contributed by atoms with Crippen molar-refractivity contribution in [2.24, 2.45) is 0 Å². The minimum atomic E-state index is -0.311. The number of halogens is 2. The molecule has 0 aliphatic carbocycles. The van der Waals surface area contributed by atoms with Crippen molar-refractivity contribution in [3.63, 3.8) is 0 Å². The lowest BCUT2D eigenvalue weighted by Crippen LogP contribution is -2.29. The van der Waals surface area contributed by atoms with E-state index in [-0.39, 0.29) is 18.1 Å². The van der Waals surface area contributed by atoms with E-state index in [9.17, 15) is 9.18 Å². The standard InChI is InChI=1S/C16H15ClFNO2/c17-13-2-1-3-15(11-13)21-9-8-19-16(20)10-12-4-6-14(18)7-5-12/h1-7,11H,8-10H2,(H,19,20). The second kappa shape index (κ2) is 7.64. The van der Waals surface area contributed by atoms with Gasteiger partial charge in [-0.05, 0) is 35.9 Å². The van der Waals surface area contributed by atoms with Crippen LogP contribution in [-0.2, 0) is 11.2 Å². The monoisotopic (exact) mass is 307 g/mol. The Hall–Kier alpha value is -2.07. The van der Waals surface area contributed by atoms with Gasteiger partial charge in [0.25, 0.3) is 0 Å². The van der Waals surface area contributed by atoms with E-state index < -0.39 is 0 Å². The molecule has 1 amide bonds. The SMILES string of the molecule is O=C(Cc1ccc(F)cc1)NCCOc1cccc(Cl)c1. The van der Waals surface area contributed by atoms with Gasteiger partial charge in [-0.1, -0.05) is 29.8 Å². The molecule has 110 valence electrons. The summed E-state index contributed by atoms with van der Waals surface area (Å²) in [7, 11) is 0. The molecule has 0 atom stereocenters. The predicted molar refractivity (Wildman–Crippen MR) is 80.1 cm³/mol. The fourth-order valence-corrected chi connectivity index (χ4v) is 1.95. The van der Waals surface area contributed by atoms with Crippen LogP contribution >= 0.6 is 11.6 Å². The zero-order chi connectivity index (χ0) is 15.1. The summed E-state index contributed by atoms with van der Waals surface area (Å²) < 4.78 is 18.2. The van der Waals surface area contributed by atoms with Crippen LogP contribution in [0.5, 0.6) is 5.75 Å². The highest BCUT2D eigenvalue weighted by Gasteiger charge is 2.03. The minimum Gasteiger partial charge on any atom is -0.492 e. The van der Waals surface area contributed by atoms with Crippen molar-refractivity contribution in [2.75, 3.05) is 13.2 Å². The third kappa shape index (κ3) is 5.44. The molecule has 5 heteroatoms. The first-order chi connectivity index (χ1) is 10.1. The average Bonchev–Trinajstić information content (AvgIpc) is 2.46. The molecule has 2 rings (SSSR count). The fraction of sp³-hybridized carbons (Fsp3) is 0.188. The second-order valence-electron chi connectivity index (χ2n) is 4.46. The van der Waals surface area contributed by atoms with E-state index in [1.165, 1.54) is 12.1 Å². The van der Waals surface area contributed by atoms with Crippen LogP contribution < -0.4 is 10.1 Å². The summed E-state index contributed by atoms with van der Waals surface area (Å²) in [4.78, 5) is 11.7. The lowest BCUT2D eigenvalue weighted by atomic mass is 10.1. The molecule has 0 bridgehead atoms. The van der Waals surface area contributed by atoms with Crippen molar-refractivity contribution in [1.29, 1.82) is 0 Å². The number of carbonyl (C=O) groups is 1. The molecule has 0 unspecified atom stereocenters. The summed E-state index contributed by atoms with van der Waals surface area (Å²) in [6, 6.07) is 12.9. The fourth-order valence-electron chi connectivity index (χ4n) is 1.77. The van der Waals surface area contributed by atoms with Crippen LogP contribution in [0, 0.1) is 5.82 Å². The smallest absolute Gasteiger partial charge is 0.224 e. The van der Waals surface area contributed by atoms with Gasteiger partial charge in [-0.3, -0.25) is 4.79 Å². The van der Waals surface area contributed by atoms with Crippen LogP contribution in [0.4, 0.5) is 4.39 Å². The predicted octanol–water partition coefficient (Wildman–Crippen LogP) is 3.22. The van der Waals surface area contributed by atoms with Gasteiger partial charge in [0.05, 0.1) is 13.0 Å². The van der Waals surface area contributed by atoms with Crippen molar-refractivity contribution in [1.82, 2.24) is 5.32 Å². The van der Waals surface area contributed by atoms with E-state index in [0.717, 1.165) is 5.56 Å². The van der Waals surface area contributed by atoms with Gasteiger partial charge >= 0.3 is 0 Å². The lowest BCUT2D eigenvalue weighted by molar-refractivity contribution is -0.120. The molecule has 0 aromatic heterocycles. The number of hydrogen-bond acceptors (Lipinski definition) is 2. The Balaban J connectivity index is 1.68. The van der Waals surface area contributed by atoms with Gasteiger partial charge in [0.1, 0.15) is 18.2 Å². The highest BCUT2D eigenvalue weighted by atomic mass is 35.5. The molecule has 0 saturated carbocycles. The zero-order valence-corrected chi connectivity index (χ0v) is 12.1. The maximum Gasteiger partial charge on any atom is 0.224 e. The first-order valence-corrected chi connectivity index (χ1v) is 6.91. The Bertz CT molecular complexity index is 601. The Morgan fingerprint density at radius 3 is 2.67 bits per heavy atom. The largest absolute Gasteiger partial charge is 0.492 e. The zero-order valence-electron chi connectivity index (χ0n) is 11.3. The van der Waals surface area contributed by atoms with Gasteiger partial charge in [0, 0.05) is 5.02 Å². The van der Waals surface area contributed by atoms with Gasteiger partial charge in [0.2, 0.25) is 5.91 Å². The molecule has 2 aromatic rings. The molecule has 0 aliphatic rings. The third-order valence-corrected chi connectivity index (χ3v) is 3.00. The number of ether oxygens (including phenoxy) is 1. The van der Waals surface area contributed by atoms with E-state index in [0.29, 0.717) is 23.9 Å². The highest BCUT2D eigenvalue weighted by molar-refractivity contribution is 6.30. The van der Waals surface area contributed by atoms with Gasteiger partial charge in [-0.15, -0.1) is 0 Å². The summed E-state index contributed by atoms with van der Waals surface area (Å²) in [5.41, 5.74) is 0.768.